The van der Waals surface area contributed by atoms with Crippen LogP contribution in [0.15, 0.2) is 30.3 Å². The fourth-order valence-electron chi connectivity index (χ4n) is 2.56. The Morgan fingerprint density at radius 1 is 1.23 bits per heavy atom. The molecule has 1 aromatic carbocycles. The van der Waals surface area contributed by atoms with Gasteiger partial charge in [-0.1, -0.05) is 44.2 Å². The second-order valence-electron chi connectivity index (χ2n) is 6.17. The summed E-state index contributed by atoms with van der Waals surface area (Å²) in [7, 11) is 1.87. The molecule has 1 atom stereocenters. The first-order valence-electron chi connectivity index (χ1n) is 7.70. The van der Waals surface area contributed by atoms with E-state index >= 15 is 0 Å². The Morgan fingerprint density at radius 3 is 2.45 bits per heavy atom. The van der Waals surface area contributed by atoms with Crippen LogP contribution in [-0.4, -0.2) is 28.9 Å². The monoisotopic (exact) mass is 316 g/mol. The molecule has 22 heavy (non-hydrogen) atoms. The number of rotatable bonds is 5. The van der Waals surface area contributed by atoms with E-state index in [0.29, 0.717) is 11.6 Å². The predicted octanol–water partition coefficient (Wildman–Crippen LogP) is 4.63. The maximum absolute atomic E-state index is 12.8. The number of aryl methyl sites for hydroxylation is 1. The van der Waals surface area contributed by atoms with Crippen molar-refractivity contribution in [3.63, 3.8) is 0 Å². The van der Waals surface area contributed by atoms with Crippen LogP contribution in [-0.2, 0) is 0 Å². The molecule has 0 spiro atoms. The summed E-state index contributed by atoms with van der Waals surface area (Å²) >= 11 is 1.58. The number of aromatic nitrogens is 1. The van der Waals surface area contributed by atoms with Crippen molar-refractivity contribution in [2.75, 3.05) is 7.05 Å². The number of hydrogen-bond acceptors (Lipinski definition) is 3. The lowest BCUT2D eigenvalue weighted by Gasteiger charge is -2.26. The molecule has 0 radical (unpaired) electrons. The summed E-state index contributed by atoms with van der Waals surface area (Å²) in [6, 6.07) is 10.2. The van der Waals surface area contributed by atoms with Crippen molar-refractivity contribution in [3.05, 3.63) is 41.0 Å². The molecule has 0 aliphatic rings. The minimum absolute atomic E-state index is 0.0105. The van der Waals surface area contributed by atoms with Gasteiger partial charge in [0.15, 0.2) is 0 Å². The van der Waals surface area contributed by atoms with Crippen LogP contribution in [0.2, 0.25) is 0 Å². The second-order valence-corrected chi connectivity index (χ2v) is 7.37. The van der Waals surface area contributed by atoms with Gasteiger partial charge in [0, 0.05) is 13.1 Å². The predicted molar refractivity (Wildman–Crippen MR) is 93.3 cm³/mol. The van der Waals surface area contributed by atoms with Crippen molar-refractivity contribution in [3.8, 4) is 10.4 Å². The molecule has 1 aromatic heterocycles. The van der Waals surface area contributed by atoms with Crippen LogP contribution in [0.25, 0.3) is 10.4 Å². The zero-order chi connectivity index (χ0) is 16.3. The maximum atomic E-state index is 12.8. The maximum Gasteiger partial charge on any atom is 0.273 e. The van der Waals surface area contributed by atoms with Gasteiger partial charge in [0.05, 0.1) is 9.88 Å². The summed E-state index contributed by atoms with van der Waals surface area (Å²) in [6.45, 7) is 8.40. The van der Waals surface area contributed by atoms with Crippen molar-refractivity contribution >= 4 is 17.2 Å². The summed E-state index contributed by atoms with van der Waals surface area (Å²) in [6.07, 6.45) is 0.992. The SMILES string of the molecule is Cc1nc(C(=O)N(C)[C@@H](C)CC(C)C)c(-c2ccccc2)s1. The number of hydrogen-bond donors (Lipinski definition) is 0. The van der Waals surface area contributed by atoms with Gasteiger partial charge in [0.1, 0.15) is 5.69 Å². The molecule has 0 bridgehead atoms. The highest BCUT2D eigenvalue weighted by Gasteiger charge is 2.24. The lowest BCUT2D eigenvalue weighted by molar-refractivity contribution is 0.0723. The first kappa shape index (κ1) is 16.7. The van der Waals surface area contributed by atoms with Crippen LogP contribution in [0.3, 0.4) is 0 Å². The summed E-state index contributed by atoms with van der Waals surface area (Å²) in [4.78, 5) is 20.1. The van der Waals surface area contributed by atoms with E-state index in [4.69, 9.17) is 0 Å². The Bertz CT molecular complexity index is 634. The van der Waals surface area contributed by atoms with Gasteiger partial charge >= 0.3 is 0 Å². The van der Waals surface area contributed by atoms with Gasteiger partial charge in [-0.2, -0.15) is 0 Å². The van der Waals surface area contributed by atoms with Gasteiger partial charge in [-0.15, -0.1) is 11.3 Å². The number of nitrogens with zero attached hydrogens (tertiary/aromatic N) is 2. The molecule has 2 rings (SSSR count). The molecule has 0 saturated heterocycles. The molecular weight excluding hydrogens is 292 g/mol. The minimum atomic E-state index is 0.0105. The Labute approximate surface area is 137 Å². The largest absolute Gasteiger partial charge is 0.338 e. The van der Waals surface area contributed by atoms with Crippen LogP contribution >= 0.6 is 11.3 Å². The normalized spacial score (nSPS) is 12.5. The van der Waals surface area contributed by atoms with E-state index in [1.165, 1.54) is 0 Å². The van der Waals surface area contributed by atoms with E-state index in [2.05, 4.69) is 25.8 Å². The van der Waals surface area contributed by atoms with E-state index in [-0.39, 0.29) is 11.9 Å². The van der Waals surface area contributed by atoms with Crippen molar-refractivity contribution in [1.82, 2.24) is 9.88 Å². The fourth-order valence-corrected chi connectivity index (χ4v) is 3.48. The van der Waals surface area contributed by atoms with E-state index in [1.54, 1.807) is 11.3 Å². The zero-order valence-corrected chi connectivity index (χ0v) is 14.8. The standard InChI is InChI=1S/C18H24N2OS/c1-12(2)11-13(3)20(5)18(21)16-17(22-14(4)19-16)15-9-7-6-8-10-15/h6-10,12-13H,11H2,1-5H3/t13-/m0/s1. The highest BCUT2D eigenvalue weighted by molar-refractivity contribution is 7.15. The van der Waals surface area contributed by atoms with Crippen molar-refractivity contribution in [1.29, 1.82) is 0 Å². The molecule has 2 aromatic rings. The van der Waals surface area contributed by atoms with Gasteiger partial charge in [0.2, 0.25) is 0 Å². The highest BCUT2D eigenvalue weighted by atomic mass is 32.1. The number of benzene rings is 1. The molecule has 0 fully saturated rings. The van der Waals surface area contributed by atoms with Gasteiger partial charge < -0.3 is 4.90 Å². The number of thiazole rings is 1. The lowest BCUT2D eigenvalue weighted by atomic mass is 10.0. The quantitative estimate of drug-likeness (QED) is 0.806. The van der Waals surface area contributed by atoms with Crippen LogP contribution in [0.4, 0.5) is 0 Å². The van der Waals surface area contributed by atoms with Crippen LogP contribution in [0.5, 0.6) is 0 Å². The summed E-state index contributed by atoms with van der Waals surface area (Å²) in [5.74, 6) is 0.576. The fraction of sp³-hybridized carbons (Fsp3) is 0.444. The van der Waals surface area contributed by atoms with E-state index < -0.39 is 0 Å². The molecule has 0 N–H and O–H groups in total. The minimum Gasteiger partial charge on any atom is -0.338 e. The number of carbonyl (C=O) groups is 1. The summed E-state index contributed by atoms with van der Waals surface area (Å²) < 4.78 is 0. The van der Waals surface area contributed by atoms with Crippen LogP contribution in [0.1, 0.15) is 42.7 Å². The van der Waals surface area contributed by atoms with Crippen LogP contribution in [0, 0.1) is 12.8 Å². The molecule has 0 unspecified atom stereocenters. The van der Waals surface area contributed by atoms with Crippen molar-refractivity contribution < 1.29 is 4.79 Å². The highest BCUT2D eigenvalue weighted by Crippen LogP contribution is 2.31. The Morgan fingerprint density at radius 2 is 1.86 bits per heavy atom. The second kappa shape index (κ2) is 7.05. The van der Waals surface area contributed by atoms with Gasteiger partial charge in [-0.25, -0.2) is 4.98 Å². The average molecular weight is 316 g/mol. The Hall–Kier alpha value is -1.68. The van der Waals surface area contributed by atoms with Crippen molar-refractivity contribution in [2.45, 2.75) is 40.2 Å². The smallest absolute Gasteiger partial charge is 0.273 e. The zero-order valence-electron chi connectivity index (χ0n) is 14.0. The molecule has 1 amide bonds. The Balaban J connectivity index is 2.31. The molecule has 0 saturated carbocycles. The third-order valence-electron chi connectivity index (χ3n) is 3.77. The average Bonchev–Trinajstić information content (AvgIpc) is 2.88. The third kappa shape index (κ3) is 3.74. The van der Waals surface area contributed by atoms with E-state index in [0.717, 1.165) is 21.9 Å². The Kier molecular flexibility index (Phi) is 5.35. The van der Waals surface area contributed by atoms with Gasteiger partial charge in [-0.05, 0) is 31.7 Å². The molecule has 0 aliphatic heterocycles. The molecule has 1 heterocycles. The third-order valence-corrected chi connectivity index (χ3v) is 4.79. The van der Waals surface area contributed by atoms with E-state index in [9.17, 15) is 4.79 Å². The van der Waals surface area contributed by atoms with E-state index in [1.807, 2.05) is 49.2 Å². The summed E-state index contributed by atoms with van der Waals surface area (Å²) in [5, 5.41) is 0.923. The molecule has 0 aliphatic carbocycles. The summed E-state index contributed by atoms with van der Waals surface area (Å²) in [5.41, 5.74) is 1.63. The molecule has 3 nitrogen and oxygen atoms in total. The van der Waals surface area contributed by atoms with Gasteiger partial charge in [0.25, 0.3) is 5.91 Å². The lowest BCUT2D eigenvalue weighted by Crippen LogP contribution is -2.36. The topological polar surface area (TPSA) is 33.2 Å². The van der Waals surface area contributed by atoms with Crippen molar-refractivity contribution in [2.24, 2.45) is 5.92 Å². The molecular formula is C18H24N2OS. The number of amides is 1. The van der Waals surface area contributed by atoms with Gasteiger partial charge in [-0.3, -0.25) is 4.79 Å². The molecule has 118 valence electrons. The first-order chi connectivity index (χ1) is 10.4. The van der Waals surface area contributed by atoms with Crippen LogP contribution < -0.4 is 0 Å². The molecule has 4 heteroatoms. The number of carbonyl (C=O) groups excluding carboxylic acids is 1. The first-order valence-corrected chi connectivity index (χ1v) is 8.51.